The van der Waals surface area contributed by atoms with Gasteiger partial charge in [0.15, 0.2) is 5.16 Å². The average Bonchev–Trinajstić information content (AvgIpc) is 3.15. The molecule has 0 saturated heterocycles. The van der Waals surface area contributed by atoms with Crippen LogP contribution in [-0.4, -0.2) is 36.9 Å². The summed E-state index contributed by atoms with van der Waals surface area (Å²) >= 11 is 1.34. The van der Waals surface area contributed by atoms with Gasteiger partial charge in [-0.05, 0) is 30.9 Å². The maximum absolute atomic E-state index is 12.8. The first-order valence-corrected chi connectivity index (χ1v) is 11.0. The van der Waals surface area contributed by atoms with Gasteiger partial charge >= 0.3 is 0 Å². The lowest BCUT2D eigenvalue weighted by Crippen LogP contribution is -2.41. The summed E-state index contributed by atoms with van der Waals surface area (Å²) in [6.07, 6.45) is 6.29. The number of rotatable bonds is 6. The van der Waals surface area contributed by atoms with E-state index in [9.17, 15) is 9.59 Å². The number of amides is 1. The Morgan fingerprint density at radius 3 is 2.90 bits per heavy atom. The zero-order chi connectivity index (χ0) is 20.4. The van der Waals surface area contributed by atoms with Crippen LogP contribution in [0.1, 0.15) is 32.6 Å². The van der Waals surface area contributed by atoms with Crippen LogP contribution in [0.3, 0.4) is 0 Å². The molecule has 1 saturated carbocycles. The minimum absolute atomic E-state index is 0.00854. The second kappa shape index (κ2) is 8.41. The molecule has 152 valence electrons. The number of hydrogen-bond donors (Lipinski definition) is 1. The van der Waals surface area contributed by atoms with Crippen LogP contribution >= 0.6 is 11.8 Å². The summed E-state index contributed by atoms with van der Waals surface area (Å²) in [7, 11) is 0. The van der Waals surface area contributed by atoms with Gasteiger partial charge in [0.05, 0.1) is 16.7 Å². The van der Waals surface area contributed by atoms with Crippen LogP contribution in [0.2, 0.25) is 0 Å². The maximum Gasteiger partial charge on any atom is 0.263 e. The van der Waals surface area contributed by atoms with Gasteiger partial charge in [-0.15, -0.1) is 16.8 Å². The predicted molar refractivity (Wildman–Crippen MR) is 115 cm³/mol. The third kappa shape index (κ3) is 3.81. The van der Waals surface area contributed by atoms with Crippen LogP contribution in [0.4, 0.5) is 0 Å². The molecule has 2 atom stereocenters. The predicted octanol–water partition coefficient (Wildman–Crippen LogP) is 3.02. The minimum atomic E-state index is -0.124. The molecule has 2 unspecified atom stereocenters. The fourth-order valence-electron chi connectivity index (χ4n) is 4.03. The first kappa shape index (κ1) is 19.7. The number of thioether (sulfide) groups is 1. The molecule has 1 amide bonds. The van der Waals surface area contributed by atoms with Gasteiger partial charge < -0.3 is 5.32 Å². The quantitative estimate of drug-likeness (QED) is 0.498. The Morgan fingerprint density at radius 1 is 1.31 bits per heavy atom. The first-order valence-electron chi connectivity index (χ1n) is 10.00. The van der Waals surface area contributed by atoms with Crippen molar-refractivity contribution in [2.45, 2.75) is 50.4 Å². The van der Waals surface area contributed by atoms with Crippen LogP contribution in [0.25, 0.3) is 16.7 Å². The van der Waals surface area contributed by atoms with E-state index >= 15 is 0 Å². The van der Waals surface area contributed by atoms with E-state index < -0.39 is 0 Å². The monoisotopic (exact) mass is 411 g/mol. The number of para-hydroxylation sites is 1. The average molecular weight is 412 g/mol. The van der Waals surface area contributed by atoms with Crippen LogP contribution in [0.15, 0.2) is 46.9 Å². The maximum atomic E-state index is 12.8. The molecule has 1 aliphatic carbocycles. The van der Waals surface area contributed by atoms with Crippen molar-refractivity contribution in [2.24, 2.45) is 5.92 Å². The number of carbonyl (C=O) groups is 1. The Balaban J connectivity index is 1.62. The molecule has 29 heavy (non-hydrogen) atoms. The van der Waals surface area contributed by atoms with E-state index in [1.54, 1.807) is 16.7 Å². The summed E-state index contributed by atoms with van der Waals surface area (Å²) in [5, 5.41) is 12.9. The molecule has 0 radical (unpaired) electrons. The highest BCUT2D eigenvalue weighted by Crippen LogP contribution is 2.25. The SMILES string of the molecule is C=CCn1c(=O)c2ccccc2n2c(SCC(=O)NC3CCCCC3C)nnc12. The molecule has 0 aliphatic heterocycles. The third-order valence-corrected chi connectivity index (χ3v) is 6.51. The summed E-state index contributed by atoms with van der Waals surface area (Å²) in [5.41, 5.74) is 0.614. The first-order chi connectivity index (χ1) is 14.1. The van der Waals surface area contributed by atoms with Crippen molar-refractivity contribution in [2.75, 3.05) is 5.75 Å². The lowest BCUT2D eigenvalue weighted by Gasteiger charge is -2.29. The van der Waals surface area contributed by atoms with E-state index in [1.165, 1.54) is 31.0 Å². The van der Waals surface area contributed by atoms with Gasteiger partial charge in [-0.2, -0.15) is 0 Å². The number of nitrogens with zero attached hydrogens (tertiary/aromatic N) is 4. The Morgan fingerprint density at radius 2 is 2.10 bits per heavy atom. The number of aromatic nitrogens is 4. The number of allylic oxidation sites excluding steroid dienone is 1. The molecule has 7 nitrogen and oxygen atoms in total. The van der Waals surface area contributed by atoms with Crippen LogP contribution < -0.4 is 10.9 Å². The zero-order valence-electron chi connectivity index (χ0n) is 16.5. The molecule has 0 spiro atoms. The Hall–Kier alpha value is -2.61. The topological polar surface area (TPSA) is 81.3 Å². The number of carbonyl (C=O) groups excluding carboxylic acids is 1. The number of hydrogen-bond acceptors (Lipinski definition) is 5. The molecule has 4 rings (SSSR count). The molecule has 1 N–H and O–H groups in total. The van der Waals surface area contributed by atoms with Gasteiger partial charge in [-0.3, -0.25) is 18.6 Å². The van der Waals surface area contributed by atoms with Gasteiger partial charge in [0.1, 0.15) is 0 Å². The zero-order valence-corrected chi connectivity index (χ0v) is 17.3. The van der Waals surface area contributed by atoms with Crippen molar-refractivity contribution >= 4 is 34.3 Å². The van der Waals surface area contributed by atoms with Crippen molar-refractivity contribution in [3.8, 4) is 0 Å². The van der Waals surface area contributed by atoms with E-state index in [4.69, 9.17) is 0 Å². The Kier molecular flexibility index (Phi) is 5.71. The molecule has 3 aromatic rings. The summed E-state index contributed by atoms with van der Waals surface area (Å²) in [4.78, 5) is 25.3. The molecule has 2 heterocycles. The van der Waals surface area contributed by atoms with Crippen molar-refractivity contribution in [3.63, 3.8) is 0 Å². The molecular weight excluding hydrogens is 386 g/mol. The molecule has 8 heteroatoms. The van der Waals surface area contributed by atoms with E-state index in [-0.39, 0.29) is 23.3 Å². The van der Waals surface area contributed by atoms with E-state index in [2.05, 4.69) is 29.0 Å². The second-order valence-corrected chi connectivity index (χ2v) is 8.51. The summed E-state index contributed by atoms with van der Waals surface area (Å²) < 4.78 is 3.40. The fraction of sp³-hybridized carbons (Fsp3) is 0.429. The summed E-state index contributed by atoms with van der Waals surface area (Å²) in [6.45, 7) is 6.28. The number of benzene rings is 1. The second-order valence-electron chi connectivity index (χ2n) is 7.56. The van der Waals surface area contributed by atoms with Gasteiger partial charge in [-0.25, -0.2) is 0 Å². The van der Waals surface area contributed by atoms with E-state index in [0.717, 1.165) is 11.9 Å². The highest BCUT2D eigenvalue weighted by Gasteiger charge is 2.23. The minimum Gasteiger partial charge on any atom is -0.352 e. The van der Waals surface area contributed by atoms with Gasteiger partial charge in [-0.1, -0.05) is 49.7 Å². The normalized spacial score (nSPS) is 19.5. The van der Waals surface area contributed by atoms with Crippen molar-refractivity contribution < 1.29 is 4.79 Å². The van der Waals surface area contributed by atoms with E-state index in [0.29, 0.717) is 28.8 Å². The summed E-state index contributed by atoms with van der Waals surface area (Å²) in [6, 6.07) is 7.64. The lowest BCUT2D eigenvalue weighted by molar-refractivity contribution is -0.119. The molecule has 2 aromatic heterocycles. The summed E-state index contributed by atoms with van der Waals surface area (Å²) in [5.74, 6) is 1.24. The largest absolute Gasteiger partial charge is 0.352 e. The molecule has 1 fully saturated rings. The smallest absolute Gasteiger partial charge is 0.263 e. The van der Waals surface area contributed by atoms with Crippen LogP contribution in [-0.2, 0) is 11.3 Å². The molecule has 0 bridgehead atoms. The van der Waals surface area contributed by atoms with E-state index in [1.807, 2.05) is 22.6 Å². The number of fused-ring (bicyclic) bond motifs is 3. The Bertz CT molecular complexity index is 1120. The van der Waals surface area contributed by atoms with Crippen molar-refractivity contribution in [1.82, 2.24) is 24.5 Å². The third-order valence-electron chi connectivity index (χ3n) is 5.58. The van der Waals surface area contributed by atoms with Crippen molar-refractivity contribution in [3.05, 3.63) is 47.3 Å². The molecule has 1 aliphatic rings. The van der Waals surface area contributed by atoms with Crippen LogP contribution in [0.5, 0.6) is 0 Å². The van der Waals surface area contributed by atoms with Gasteiger partial charge in [0.25, 0.3) is 5.56 Å². The highest BCUT2D eigenvalue weighted by atomic mass is 32.2. The molecule has 1 aromatic carbocycles. The van der Waals surface area contributed by atoms with Gasteiger partial charge in [0, 0.05) is 12.6 Å². The standard InChI is InChI=1S/C21H25N5O2S/c1-3-12-25-19(28)15-9-5-7-11-17(15)26-20(25)23-24-21(26)29-13-18(27)22-16-10-6-4-8-14(16)2/h3,5,7,9,11,14,16H,1,4,6,8,10,12-13H2,2H3,(H,22,27). The highest BCUT2D eigenvalue weighted by molar-refractivity contribution is 7.99. The molecular formula is C21H25N5O2S. The fourth-order valence-corrected chi connectivity index (χ4v) is 4.78. The number of nitrogens with one attached hydrogen (secondary N) is 1. The van der Waals surface area contributed by atoms with Crippen LogP contribution in [0, 0.1) is 5.92 Å². The van der Waals surface area contributed by atoms with Gasteiger partial charge in [0.2, 0.25) is 11.7 Å². The lowest BCUT2D eigenvalue weighted by atomic mass is 9.86. The Labute approximate surface area is 173 Å². The van der Waals surface area contributed by atoms with Crippen molar-refractivity contribution in [1.29, 1.82) is 0 Å².